The summed E-state index contributed by atoms with van der Waals surface area (Å²) in [6, 6.07) is 7.98. The molecule has 0 fully saturated rings. The second-order valence-corrected chi connectivity index (χ2v) is 6.56. The number of rotatable bonds is 4. The van der Waals surface area contributed by atoms with E-state index in [2.05, 4.69) is 15.6 Å². The van der Waals surface area contributed by atoms with Gasteiger partial charge in [0.1, 0.15) is 11.6 Å². The van der Waals surface area contributed by atoms with Crippen molar-refractivity contribution in [2.24, 2.45) is 0 Å². The van der Waals surface area contributed by atoms with Gasteiger partial charge in [0.15, 0.2) is 5.13 Å². The van der Waals surface area contributed by atoms with Gasteiger partial charge < -0.3 is 15.4 Å². The molecule has 1 aromatic heterocycles. The maximum atomic E-state index is 12.0. The van der Waals surface area contributed by atoms with Crippen molar-refractivity contribution in [1.82, 2.24) is 4.98 Å². The number of hydrogen-bond donors (Lipinski definition) is 2. The third-order valence-corrected chi connectivity index (χ3v) is 4.65. The third-order valence-electron chi connectivity index (χ3n) is 3.46. The third kappa shape index (κ3) is 2.92. The highest BCUT2D eigenvalue weighted by Crippen LogP contribution is 2.42. The smallest absolute Gasteiger partial charge is 0.226 e. The molecule has 1 atom stereocenters. The molecule has 6 heteroatoms. The molecule has 1 aliphatic rings. The molecular weight excluding hydrogens is 298 g/mol. The fraction of sp³-hybridized carbons (Fsp3) is 0.375. The Morgan fingerprint density at radius 3 is 3.00 bits per heavy atom. The summed E-state index contributed by atoms with van der Waals surface area (Å²) >= 11 is 1.58. The zero-order chi connectivity index (χ0) is 15.7. The molecule has 5 nitrogen and oxygen atoms in total. The lowest BCUT2D eigenvalue weighted by Gasteiger charge is -2.22. The van der Waals surface area contributed by atoms with E-state index >= 15 is 0 Å². The molecule has 1 amide bonds. The van der Waals surface area contributed by atoms with Crippen LogP contribution >= 0.6 is 11.3 Å². The lowest BCUT2D eigenvalue weighted by molar-refractivity contribution is -0.116. The van der Waals surface area contributed by atoms with Crippen LogP contribution in [0, 0.1) is 0 Å². The van der Waals surface area contributed by atoms with Crippen LogP contribution in [-0.2, 0) is 4.79 Å². The van der Waals surface area contributed by atoms with Gasteiger partial charge in [0.05, 0.1) is 11.0 Å². The molecule has 1 aliphatic heterocycles. The molecule has 0 aliphatic carbocycles. The molecule has 22 heavy (non-hydrogen) atoms. The van der Waals surface area contributed by atoms with Gasteiger partial charge in [0.2, 0.25) is 5.91 Å². The second kappa shape index (κ2) is 5.96. The van der Waals surface area contributed by atoms with Crippen LogP contribution < -0.4 is 15.4 Å². The van der Waals surface area contributed by atoms with Gasteiger partial charge in [-0.05, 0) is 31.5 Å². The standard InChI is InChI=1S/C16H19N3O2S/c1-9(2)21-11-6-4-5-10(7-11)12-8-13(20)18-15-14(12)22-16(17-3)19-15/h4-7,9,12H,8H2,1-3H3,(H,17,19)(H,18,20)/t12-/m1/s1. The molecule has 1 aromatic carbocycles. The molecule has 0 saturated carbocycles. The van der Waals surface area contributed by atoms with Gasteiger partial charge in [-0.1, -0.05) is 23.5 Å². The van der Waals surface area contributed by atoms with E-state index in [0.717, 1.165) is 21.3 Å². The van der Waals surface area contributed by atoms with Crippen molar-refractivity contribution < 1.29 is 9.53 Å². The number of hydrogen-bond acceptors (Lipinski definition) is 5. The van der Waals surface area contributed by atoms with Crippen LogP contribution in [-0.4, -0.2) is 24.0 Å². The van der Waals surface area contributed by atoms with Crippen LogP contribution in [0.25, 0.3) is 0 Å². The highest BCUT2D eigenvalue weighted by molar-refractivity contribution is 7.16. The maximum Gasteiger partial charge on any atom is 0.226 e. The molecule has 0 unspecified atom stereocenters. The molecule has 2 N–H and O–H groups in total. The van der Waals surface area contributed by atoms with Crippen LogP contribution in [0.1, 0.15) is 36.6 Å². The first kappa shape index (κ1) is 14.8. The Bertz CT molecular complexity index is 696. The van der Waals surface area contributed by atoms with Crippen LogP contribution in [0.5, 0.6) is 5.75 Å². The van der Waals surface area contributed by atoms with E-state index in [1.165, 1.54) is 0 Å². The number of carbonyl (C=O) groups is 1. The fourth-order valence-corrected chi connectivity index (χ4v) is 3.57. The summed E-state index contributed by atoms with van der Waals surface area (Å²) in [4.78, 5) is 17.5. The van der Waals surface area contributed by atoms with Gasteiger partial charge in [0.25, 0.3) is 0 Å². The minimum absolute atomic E-state index is 0.000587. The maximum absolute atomic E-state index is 12.0. The van der Waals surface area contributed by atoms with Crippen LogP contribution in [0.2, 0.25) is 0 Å². The van der Waals surface area contributed by atoms with E-state index < -0.39 is 0 Å². The number of ether oxygens (including phenoxy) is 1. The number of aromatic nitrogens is 1. The lowest BCUT2D eigenvalue weighted by Crippen LogP contribution is -2.22. The summed E-state index contributed by atoms with van der Waals surface area (Å²) in [6.45, 7) is 4.00. The molecule has 2 heterocycles. The molecule has 2 aromatic rings. The quantitative estimate of drug-likeness (QED) is 0.906. The van der Waals surface area contributed by atoms with Crippen molar-refractivity contribution in [3.63, 3.8) is 0 Å². The van der Waals surface area contributed by atoms with E-state index in [1.54, 1.807) is 11.3 Å². The molecule has 0 bridgehead atoms. The van der Waals surface area contributed by atoms with E-state index in [1.807, 2.05) is 45.2 Å². The summed E-state index contributed by atoms with van der Waals surface area (Å²) in [5.41, 5.74) is 1.08. The summed E-state index contributed by atoms with van der Waals surface area (Å²) in [7, 11) is 1.83. The van der Waals surface area contributed by atoms with Gasteiger partial charge in [-0.2, -0.15) is 0 Å². The van der Waals surface area contributed by atoms with Crippen molar-refractivity contribution >= 4 is 28.2 Å². The molecular formula is C16H19N3O2S. The van der Waals surface area contributed by atoms with Crippen molar-refractivity contribution in [2.75, 3.05) is 17.7 Å². The second-order valence-electron chi connectivity index (χ2n) is 5.53. The lowest BCUT2D eigenvalue weighted by atomic mass is 9.91. The Labute approximate surface area is 133 Å². The van der Waals surface area contributed by atoms with Gasteiger partial charge in [-0.25, -0.2) is 4.98 Å². The zero-order valence-corrected chi connectivity index (χ0v) is 13.7. The van der Waals surface area contributed by atoms with E-state index in [9.17, 15) is 4.79 Å². The molecule has 0 spiro atoms. The normalized spacial score (nSPS) is 17.1. The average molecular weight is 317 g/mol. The molecule has 0 saturated heterocycles. The topological polar surface area (TPSA) is 63.3 Å². The van der Waals surface area contributed by atoms with E-state index in [4.69, 9.17) is 4.74 Å². The molecule has 3 rings (SSSR count). The monoisotopic (exact) mass is 317 g/mol. The first-order valence-electron chi connectivity index (χ1n) is 7.31. The Balaban J connectivity index is 1.98. The minimum atomic E-state index is 0.000587. The minimum Gasteiger partial charge on any atom is -0.491 e. The first-order chi connectivity index (χ1) is 10.6. The number of benzene rings is 1. The number of thiazole rings is 1. The summed E-state index contributed by atoms with van der Waals surface area (Å²) in [6.07, 6.45) is 0.559. The summed E-state index contributed by atoms with van der Waals surface area (Å²) in [5, 5.41) is 6.70. The zero-order valence-electron chi connectivity index (χ0n) is 12.8. The number of anilines is 2. The predicted molar refractivity (Wildman–Crippen MR) is 89.0 cm³/mol. The SMILES string of the molecule is CNc1nc2c(s1)[C@@H](c1cccc(OC(C)C)c1)CC(=O)N2. The Kier molecular flexibility index (Phi) is 4.02. The summed E-state index contributed by atoms with van der Waals surface area (Å²) in [5.74, 6) is 1.53. The van der Waals surface area contributed by atoms with E-state index in [0.29, 0.717) is 12.2 Å². The Morgan fingerprint density at radius 2 is 2.27 bits per heavy atom. The number of nitrogens with one attached hydrogen (secondary N) is 2. The predicted octanol–water partition coefficient (Wildman–Crippen LogP) is 3.45. The van der Waals surface area contributed by atoms with Crippen molar-refractivity contribution in [2.45, 2.75) is 32.3 Å². The van der Waals surface area contributed by atoms with E-state index in [-0.39, 0.29) is 17.9 Å². The largest absolute Gasteiger partial charge is 0.491 e. The Morgan fingerprint density at radius 1 is 1.45 bits per heavy atom. The van der Waals surface area contributed by atoms with Crippen molar-refractivity contribution in [3.8, 4) is 5.75 Å². The number of nitrogens with zero attached hydrogens (tertiary/aromatic N) is 1. The number of amides is 1. The van der Waals surface area contributed by atoms with Gasteiger partial charge in [-0.3, -0.25) is 4.79 Å². The van der Waals surface area contributed by atoms with Crippen LogP contribution in [0.4, 0.5) is 10.9 Å². The molecule has 0 radical (unpaired) electrons. The molecule has 116 valence electrons. The van der Waals surface area contributed by atoms with Gasteiger partial charge >= 0.3 is 0 Å². The van der Waals surface area contributed by atoms with Gasteiger partial charge in [0, 0.05) is 19.4 Å². The average Bonchev–Trinajstić information content (AvgIpc) is 2.88. The van der Waals surface area contributed by atoms with Crippen LogP contribution in [0.3, 0.4) is 0 Å². The van der Waals surface area contributed by atoms with Crippen molar-refractivity contribution in [3.05, 3.63) is 34.7 Å². The number of fused-ring (bicyclic) bond motifs is 1. The Hall–Kier alpha value is -2.08. The summed E-state index contributed by atoms with van der Waals surface area (Å²) < 4.78 is 5.76. The van der Waals surface area contributed by atoms with Crippen molar-refractivity contribution in [1.29, 1.82) is 0 Å². The highest BCUT2D eigenvalue weighted by Gasteiger charge is 2.30. The first-order valence-corrected chi connectivity index (χ1v) is 8.13. The number of carbonyl (C=O) groups excluding carboxylic acids is 1. The van der Waals surface area contributed by atoms with Gasteiger partial charge in [-0.15, -0.1) is 0 Å². The fourth-order valence-electron chi connectivity index (χ4n) is 2.57. The van der Waals surface area contributed by atoms with Crippen LogP contribution in [0.15, 0.2) is 24.3 Å². The highest BCUT2D eigenvalue weighted by atomic mass is 32.1.